The highest BCUT2D eigenvalue weighted by molar-refractivity contribution is 7.99. The molecule has 0 aliphatic carbocycles. The normalized spacial score (nSPS) is 19.9. The van der Waals surface area contributed by atoms with Gasteiger partial charge in [0.2, 0.25) is 0 Å². The molecule has 1 unspecified atom stereocenters. The molecule has 0 radical (unpaired) electrons. The van der Waals surface area contributed by atoms with E-state index in [-0.39, 0.29) is 6.04 Å². The van der Waals surface area contributed by atoms with Crippen LogP contribution in [0, 0.1) is 0 Å². The minimum absolute atomic E-state index is 0.265. The molecule has 1 aromatic rings. The molecule has 1 saturated heterocycles. The van der Waals surface area contributed by atoms with E-state index < -0.39 is 0 Å². The number of hydrogen-bond donors (Lipinski definition) is 1. The van der Waals surface area contributed by atoms with Crippen molar-refractivity contribution in [2.75, 3.05) is 31.1 Å². The largest absolute Gasteiger partial charge is 0.464 e. The van der Waals surface area contributed by atoms with Crippen LogP contribution in [0.15, 0.2) is 16.5 Å². The van der Waals surface area contributed by atoms with E-state index in [1.54, 1.807) is 0 Å². The van der Waals surface area contributed by atoms with E-state index in [9.17, 15) is 0 Å². The second-order valence-corrected chi connectivity index (χ2v) is 5.28. The third-order valence-corrected chi connectivity index (χ3v) is 4.01. The van der Waals surface area contributed by atoms with Gasteiger partial charge in [-0.2, -0.15) is 11.8 Å². The van der Waals surface area contributed by atoms with Gasteiger partial charge in [0.25, 0.3) is 0 Å². The first-order valence-electron chi connectivity index (χ1n) is 5.95. The smallest absolute Gasteiger partial charge is 0.122 e. The Morgan fingerprint density at radius 1 is 1.44 bits per heavy atom. The van der Waals surface area contributed by atoms with E-state index >= 15 is 0 Å². The van der Waals surface area contributed by atoms with Crippen molar-refractivity contribution < 1.29 is 4.42 Å². The van der Waals surface area contributed by atoms with Crippen LogP contribution in [0.25, 0.3) is 0 Å². The maximum atomic E-state index is 5.88. The molecule has 0 saturated carbocycles. The number of aryl methyl sites for hydroxylation is 1. The Labute approximate surface area is 101 Å². The van der Waals surface area contributed by atoms with Gasteiger partial charge in [0, 0.05) is 37.6 Å². The molecule has 4 heteroatoms. The summed E-state index contributed by atoms with van der Waals surface area (Å²) in [6.45, 7) is 4.99. The second-order valence-electron chi connectivity index (χ2n) is 4.06. The van der Waals surface area contributed by atoms with Crippen LogP contribution in [0.2, 0.25) is 0 Å². The zero-order valence-corrected chi connectivity index (χ0v) is 10.6. The van der Waals surface area contributed by atoms with E-state index in [1.807, 2.05) is 11.8 Å². The number of nitrogens with two attached hydrogens (primary N) is 1. The van der Waals surface area contributed by atoms with Crippen molar-refractivity contribution >= 4 is 11.8 Å². The summed E-state index contributed by atoms with van der Waals surface area (Å²) in [4.78, 5) is 2.44. The summed E-state index contributed by atoms with van der Waals surface area (Å²) in [5.74, 6) is 4.50. The summed E-state index contributed by atoms with van der Waals surface area (Å²) in [6.07, 6.45) is 0.952. The first kappa shape index (κ1) is 12.0. The molecule has 16 heavy (non-hydrogen) atoms. The molecule has 0 bridgehead atoms. The molecule has 2 N–H and O–H groups in total. The summed E-state index contributed by atoms with van der Waals surface area (Å²) < 4.78 is 5.81. The quantitative estimate of drug-likeness (QED) is 0.872. The Morgan fingerprint density at radius 3 is 2.75 bits per heavy atom. The molecule has 2 heterocycles. The van der Waals surface area contributed by atoms with Gasteiger partial charge in [0.1, 0.15) is 11.5 Å². The Bertz CT molecular complexity index is 321. The lowest BCUT2D eigenvalue weighted by molar-refractivity contribution is 0.195. The third-order valence-electron chi connectivity index (χ3n) is 3.07. The van der Waals surface area contributed by atoms with E-state index in [0.29, 0.717) is 6.54 Å². The van der Waals surface area contributed by atoms with E-state index in [4.69, 9.17) is 10.2 Å². The van der Waals surface area contributed by atoms with Crippen molar-refractivity contribution in [3.05, 3.63) is 23.7 Å². The van der Waals surface area contributed by atoms with Crippen molar-refractivity contribution in [1.82, 2.24) is 4.90 Å². The summed E-state index contributed by atoms with van der Waals surface area (Å²) in [5, 5.41) is 0. The summed E-state index contributed by atoms with van der Waals surface area (Å²) >= 11 is 2.02. The molecule has 1 fully saturated rings. The van der Waals surface area contributed by atoms with E-state index in [2.05, 4.69) is 24.0 Å². The van der Waals surface area contributed by atoms with Crippen molar-refractivity contribution in [3.8, 4) is 0 Å². The minimum Gasteiger partial charge on any atom is -0.464 e. The van der Waals surface area contributed by atoms with Crippen molar-refractivity contribution in [2.24, 2.45) is 5.73 Å². The minimum atomic E-state index is 0.265. The average Bonchev–Trinajstić information content (AvgIpc) is 2.80. The van der Waals surface area contributed by atoms with Crippen molar-refractivity contribution in [3.63, 3.8) is 0 Å². The number of thioether (sulfide) groups is 1. The van der Waals surface area contributed by atoms with Crippen LogP contribution in [-0.4, -0.2) is 36.0 Å². The molecule has 1 atom stereocenters. The van der Waals surface area contributed by atoms with Gasteiger partial charge in [-0.25, -0.2) is 0 Å². The van der Waals surface area contributed by atoms with Crippen LogP contribution in [0.1, 0.15) is 24.5 Å². The van der Waals surface area contributed by atoms with E-state index in [1.165, 1.54) is 11.5 Å². The Kier molecular flexibility index (Phi) is 4.32. The molecule has 0 amide bonds. The van der Waals surface area contributed by atoms with Crippen LogP contribution in [0.3, 0.4) is 0 Å². The molecular weight excluding hydrogens is 220 g/mol. The molecule has 0 aromatic carbocycles. The Morgan fingerprint density at radius 2 is 2.19 bits per heavy atom. The number of hydrogen-bond acceptors (Lipinski definition) is 4. The lowest BCUT2D eigenvalue weighted by atomic mass is 10.2. The predicted molar refractivity (Wildman–Crippen MR) is 68.8 cm³/mol. The van der Waals surface area contributed by atoms with Crippen LogP contribution < -0.4 is 5.73 Å². The van der Waals surface area contributed by atoms with Gasteiger partial charge in [-0.3, -0.25) is 4.90 Å². The topological polar surface area (TPSA) is 42.4 Å². The van der Waals surface area contributed by atoms with Crippen molar-refractivity contribution in [2.45, 2.75) is 19.4 Å². The predicted octanol–water partition coefficient (Wildman–Crippen LogP) is 1.89. The van der Waals surface area contributed by atoms with Crippen LogP contribution in [0.5, 0.6) is 0 Å². The molecule has 1 aliphatic rings. The van der Waals surface area contributed by atoms with Gasteiger partial charge in [0.05, 0.1) is 6.04 Å². The maximum absolute atomic E-state index is 5.88. The number of furan rings is 1. The van der Waals surface area contributed by atoms with Gasteiger partial charge in [-0.1, -0.05) is 6.92 Å². The lowest BCUT2D eigenvalue weighted by Crippen LogP contribution is -2.39. The highest BCUT2D eigenvalue weighted by Crippen LogP contribution is 2.25. The number of rotatable bonds is 4. The Hall–Kier alpha value is -0.450. The molecule has 0 spiro atoms. The van der Waals surface area contributed by atoms with Crippen LogP contribution >= 0.6 is 11.8 Å². The molecule has 1 aromatic heterocycles. The van der Waals surface area contributed by atoms with Gasteiger partial charge in [-0.15, -0.1) is 0 Å². The highest BCUT2D eigenvalue weighted by atomic mass is 32.2. The molecule has 90 valence electrons. The fourth-order valence-electron chi connectivity index (χ4n) is 2.10. The van der Waals surface area contributed by atoms with Gasteiger partial charge in [-0.05, 0) is 12.1 Å². The van der Waals surface area contributed by atoms with Crippen LogP contribution in [-0.2, 0) is 6.42 Å². The zero-order valence-electron chi connectivity index (χ0n) is 9.82. The molecule has 3 nitrogen and oxygen atoms in total. The first-order chi connectivity index (χ1) is 7.85. The molecule has 1 aliphatic heterocycles. The maximum Gasteiger partial charge on any atom is 0.122 e. The first-order valence-corrected chi connectivity index (χ1v) is 7.11. The standard InChI is InChI=1S/C12H20N2OS/c1-2-10-3-4-12(15-10)11(9-13)14-5-7-16-8-6-14/h3-4,11H,2,5-9,13H2,1H3. The van der Waals surface area contributed by atoms with Crippen molar-refractivity contribution in [1.29, 1.82) is 0 Å². The van der Waals surface area contributed by atoms with Gasteiger partial charge < -0.3 is 10.2 Å². The summed E-state index contributed by atoms with van der Waals surface area (Å²) in [5.41, 5.74) is 5.88. The van der Waals surface area contributed by atoms with Crippen LogP contribution in [0.4, 0.5) is 0 Å². The average molecular weight is 240 g/mol. The Balaban J connectivity index is 2.08. The van der Waals surface area contributed by atoms with Gasteiger partial charge in [0.15, 0.2) is 0 Å². The summed E-state index contributed by atoms with van der Waals surface area (Å²) in [6, 6.07) is 4.41. The fourth-order valence-corrected chi connectivity index (χ4v) is 3.03. The van der Waals surface area contributed by atoms with E-state index in [0.717, 1.165) is 31.0 Å². The second kappa shape index (κ2) is 5.75. The molecular formula is C12H20N2OS. The SMILES string of the molecule is CCc1ccc(C(CN)N2CCSCC2)o1. The fraction of sp³-hybridized carbons (Fsp3) is 0.667. The monoisotopic (exact) mass is 240 g/mol. The van der Waals surface area contributed by atoms with Gasteiger partial charge >= 0.3 is 0 Å². The zero-order chi connectivity index (χ0) is 11.4. The number of nitrogens with zero attached hydrogens (tertiary/aromatic N) is 1. The highest BCUT2D eigenvalue weighted by Gasteiger charge is 2.23. The third kappa shape index (κ3) is 2.62. The lowest BCUT2D eigenvalue weighted by Gasteiger charge is -2.32. The summed E-state index contributed by atoms with van der Waals surface area (Å²) in [7, 11) is 0. The molecule has 2 rings (SSSR count).